The molecule has 23 heavy (non-hydrogen) atoms. The first-order valence-electron chi connectivity index (χ1n) is 8.26. The minimum atomic E-state index is -0.731. The maximum atomic E-state index is 12.4. The van der Waals surface area contributed by atoms with Gasteiger partial charge in [0.25, 0.3) is 0 Å². The standard InChI is InChI=1S/C19H23NO3/c1-14-7-9-15(10-8-14)4-2-6-17(21)20-12-16-5-3-11-19(16,13-20)18(22)23/h2,4,7-10,16H,3,5-6,11-13H2,1H3,(H,22,23)/b4-2+/t16-,19+/m0/s1. The molecule has 0 aromatic heterocycles. The summed E-state index contributed by atoms with van der Waals surface area (Å²) in [5, 5.41) is 9.57. The number of hydrogen-bond acceptors (Lipinski definition) is 2. The molecule has 1 aliphatic heterocycles. The summed E-state index contributed by atoms with van der Waals surface area (Å²) in [6.07, 6.45) is 6.74. The number of carbonyl (C=O) groups is 2. The summed E-state index contributed by atoms with van der Waals surface area (Å²) in [5.74, 6) is -0.570. The molecule has 4 nitrogen and oxygen atoms in total. The quantitative estimate of drug-likeness (QED) is 0.929. The number of fused-ring (bicyclic) bond motifs is 1. The van der Waals surface area contributed by atoms with E-state index in [2.05, 4.69) is 0 Å². The van der Waals surface area contributed by atoms with E-state index in [1.54, 1.807) is 4.90 Å². The van der Waals surface area contributed by atoms with E-state index in [0.717, 1.165) is 18.4 Å². The fraction of sp³-hybridized carbons (Fsp3) is 0.474. The minimum absolute atomic E-state index is 0.0309. The Morgan fingerprint density at radius 2 is 2.09 bits per heavy atom. The number of aryl methyl sites for hydroxylation is 1. The van der Waals surface area contributed by atoms with Crippen molar-refractivity contribution < 1.29 is 14.7 Å². The van der Waals surface area contributed by atoms with Crippen LogP contribution < -0.4 is 0 Å². The van der Waals surface area contributed by atoms with Gasteiger partial charge in [0.05, 0.1) is 5.41 Å². The first-order chi connectivity index (χ1) is 11.0. The van der Waals surface area contributed by atoms with E-state index in [0.29, 0.717) is 25.9 Å². The molecule has 2 fully saturated rings. The Kier molecular flexibility index (Phi) is 4.24. The summed E-state index contributed by atoms with van der Waals surface area (Å²) in [6.45, 7) is 3.02. The van der Waals surface area contributed by atoms with Crippen molar-refractivity contribution in [2.24, 2.45) is 11.3 Å². The normalized spacial score (nSPS) is 26.7. The van der Waals surface area contributed by atoms with Crippen molar-refractivity contribution in [3.63, 3.8) is 0 Å². The van der Waals surface area contributed by atoms with Crippen LogP contribution in [0.4, 0.5) is 0 Å². The lowest BCUT2D eigenvalue weighted by Crippen LogP contribution is -2.37. The average molecular weight is 313 g/mol. The second kappa shape index (κ2) is 6.19. The van der Waals surface area contributed by atoms with Crippen LogP contribution in [-0.4, -0.2) is 35.0 Å². The lowest BCUT2D eigenvalue weighted by molar-refractivity contribution is -0.149. The average Bonchev–Trinajstić information content (AvgIpc) is 3.07. The van der Waals surface area contributed by atoms with Crippen LogP contribution in [0.25, 0.3) is 6.08 Å². The third kappa shape index (κ3) is 3.03. The van der Waals surface area contributed by atoms with Crippen molar-refractivity contribution in [3.8, 4) is 0 Å². The number of likely N-dealkylation sites (tertiary alicyclic amines) is 1. The van der Waals surface area contributed by atoms with Gasteiger partial charge in [-0.2, -0.15) is 0 Å². The molecule has 0 radical (unpaired) electrons. The van der Waals surface area contributed by atoms with E-state index in [1.165, 1.54) is 5.56 Å². The van der Waals surface area contributed by atoms with Gasteiger partial charge >= 0.3 is 5.97 Å². The Hall–Kier alpha value is -2.10. The predicted octanol–water partition coefficient (Wildman–Crippen LogP) is 3.11. The topological polar surface area (TPSA) is 57.6 Å². The van der Waals surface area contributed by atoms with Gasteiger partial charge in [0.1, 0.15) is 0 Å². The highest BCUT2D eigenvalue weighted by molar-refractivity contribution is 5.82. The smallest absolute Gasteiger partial charge is 0.311 e. The number of amides is 1. The number of carboxylic acids is 1. The Labute approximate surface area is 136 Å². The van der Waals surface area contributed by atoms with Crippen LogP contribution in [0.1, 0.15) is 36.8 Å². The molecule has 0 unspecified atom stereocenters. The van der Waals surface area contributed by atoms with Gasteiger partial charge in [-0.1, -0.05) is 48.4 Å². The number of hydrogen-bond donors (Lipinski definition) is 1. The van der Waals surface area contributed by atoms with Crippen LogP contribution >= 0.6 is 0 Å². The molecule has 3 rings (SSSR count). The molecule has 1 saturated heterocycles. The van der Waals surface area contributed by atoms with E-state index in [9.17, 15) is 14.7 Å². The molecule has 2 aliphatic rings. The molecule has 122 valence electrons. The van der Waals surface area contributed by atoms with E-state index < -0.39 is 11.4 Å². The molecule has 1 saturated carbocycles. The first kappa shape index (κ1) is 15.8. The lowest BCUT2D eigenvalue weighted by Gasteiger charge is -2.23. The van der Waals surface area contributed by atoms with E-state index in [1.807, 2.05) is 43.3 Å². The molecule has 1 aliphatic carbocycles. The third-order valence-electron chi connectivity index (χ3n) is 5.33. The Morgan fingerprint density at radius 3 is 2.74 bits per heavy atom. The number of carbonyl (C=O) groups excluding carboxylic acids is 1. The van der Waals surface area contributed by atoms with Crippen molar-refractivity contribution in [2.75, 3.05) is 13.1 Å². The van der Waals surface area contributed by atoms with Crippen molar-refractivity contribution in [3.05, 3.63) is 41.5 Å². The van der Waals surface area contributed by atoms with Crippen LogP contribution in [-0.2, 0) is 9.59 Å². The maximum absolute atomic E-state index is 12.4. The molecule has 1 aromatic rings. The summed E-state index contributed by atoms with van der Waals surface area (Å²) >= 11 is 0. The third-order valence-corrected chi connectivity index (χ3v) is 5.33. The number of carboxylic acid groups (broad SMARTS) is 1. The largest absolute Gasteiger partial charge is 0.481 e. The molecule has 1 amide bonds. The zero-order chi connectivity index (χ0) is 16.4. The summed E-state index contributed by atoms with van der Waals surface area (Å²) in [7, 11) is 0. The SMILES string of the molecule is Cc1ccc(/C=C/CC(=O)N2C[C@@H]3CCC[C@@]3(C(=O)O)C2)cc1. The molecule has 1 N–H and O–H groups in total. The van der Waals surface area contributed by atoms with Gasteiger partial charge in [-0.15, -0.1) is 0 Å². The molecular formula is C19H23NO3. The van der Waals surface area contributed by atoms with Gasteiger partial charge in [-0.3, -0.25) is 9.59 Å². The number of aliphatic carboxylic acids is 1. The highest BCUT2D eigenvalue weighted by Crippen LogP contribution is 2.48. The molecule has 0 bridgehead atoms. The fourth-order valence-electron chi connectivity index (χ4n) is 3.93. The summed E-state index contributed by atoms with van der Waals surface area (Å²) in [6, 6.07) is 8.13. The van der Waals surface area contributed by atoms with E-state index >= 15 is 0 Å². The molecular weight excluding hydrogens is 290 g/mol. The van der Waals surface area contributed by atoms with Gasteiger partial charge in [0.15, 0.2) is 0 Å². The van der Waals surface area contributed by atoms with Crippen LogP contribution in [0.2, 0.25) is 0 Å². The van der Waals surface area contributed by atoms with Crippen molar-refractivity contribution in [1.82, 2.24) is 4.90 Å². The van der Waals surface area contributed by atoms with E-state index in [-0.39, 0.29) is 11.8 Å². The molecule has 1 aromatic carbocycles. The first-order valence-corrected chi connectivity index (χ1v) is 8.26. The highest BCUT2D eigenvalue weighted by Gasteiger charge is 2.55. The van der Waals surface area contributed by atoms with Crippen LogP contribution in [0.15, 0.2) is 30.3 Å². The monoisotopic (exact) mass is 313 g/mol. The van der Waals surface area contributed by atoms with Gasteiger partial charge in [0.2, 0.25) is 5.91 Å². The maximum Gasteiger partial charge on any atom is 0.311 e. The van der Waals surface area contributed by atoms with Crippen molar-refractivity contribution in [1.29, 1.82) is 0 Å². The van der Waals surface area contributed by atoms with Crippen LogP contribution in [0, 0.1) is 18.3 Å². The second-order valence-corrected chi connectivity index (χ2v) is 6.84. The Balaban J connectivity index is 1.59. The second-order valence-electron chi connectivity index (χ2n) is 6.84. The van der Waals surface area contributed by atoms with E-state index in [4.69, 9.17) is 0 Å². The van der Waals surface area contributed by atoms with Gasteiger partial charge in [-0.05, 0) is 31.2 Å². The number of nitrogens with zero attached hydrogens (tertiary/aromatic N) is 1. The predicted molar refractivity (Wildman–Crippen MR) is 88.8 cm³/mol. The molecule has 4 heteroatoms. The molecule has 1 heterocycles. The molecule has 2 atom stereocenters. The van der Waals surface area contributed by atoms with Crippen molar-refractivity contribution >= 4 is 18.0 Å². The van der Waals surface area contributed by atoms with Crippen molar-refractivity contribution in [2.45, 2.75) is 32.6 Å². The zero-order valence-electron chi connectivity index (χ0n) is 13.5. The number of rotatable bonds is 4. The van der Waals surface area contributed by atoms with Crippen LogP contribution in [0.3, 0.4) is 0 Å². The lowest BCUT2D eigenvalue weighted by atomic mass is 9.81. The Bertz CT molecular complexity index is 635. The molecule has 0 spiro atoms. The summed E-state index contributed by atoms with van der Waals surface area (Å²) < 4.78 is 0. The Morgan fingerprint density at radius 1 is 1.35 bits per heavy atom. The fourth-order valence-corrected chi connectivity index (χ4v) is 3.93. The summed E-state index contributed by atoms with van der Waals surface area (Å²) in [4.78, 5) is 25.8. The highest BCUT2D eigenvalue weighted by atomic mass is 16.4. The van der Waals surface area contributed by atoms with Gasteiger partial charge in [-0.25, -0.2) is 0 Å². The van der Waals surface area contributed by atoms with Crippen LogP contribution in [0.5, 0.6) is 0 Å². The summed E-state index contributed by atoms with van der Waals surface area (Å²) in [5.41, 5.74) is 1.60. The minimum Gasteiger partial charge on any atom is -0.481 e. The number of benzene rings is 1. The zero-order valence-corrected chi connectivity index (χ0v) is 13.5. The van der Waals surface area contributed by atoms with Gasteiger partial charge in [0, 0.05) is 19.5 Å². The van der Waals surface area contributed by atoms with Gasteiger partial charge < -0.3 is 10.0 Å².